The Labute approximate surface area is 104 Å². The van der Waals surface area contributed by atoms with Crippen LogP contribution in [0.5, 0.6) is 0 Å². The molecule has 0 unspecified atom stereocenters. The number of hydrogen-bond acceptors (Lipinski definition) is 5. The average Bonchev–Trinajstić information content (AvgIpc) is 2.75. The molecule has 1 aliphatic heterocycles. The van der Waals surface area contributed by atoms with Crippen molar-refractivity contribution < 1.29 is 0 Å². The Balaban J connectivity index is 2.00. The Kier molecular flexibility index (Phi) is 2.56. The number of thiazole rings is 1. The Morgan fingerprint density at radius 3 is 2.76 bits per heavy atom. The molecule has 1 saturated heterocycles. The number of aromatic nitrogens is 3. The minimum absolute atomic E-state index is 0.380. The van der Waals surface area contributed by atoms with E-state index >= 15 is 0 Å². The molecule has 2 aromatic heterocycles. The van der Waals surface area contributed by atoms with Gasteiger partial charge in [0.2, 0.25) is 10.9 Å². The van der Waals surface area contributed by atoms with Crippen LogP contribution >= 0.6 is 11.3 Å². The van der Waals surface area contributed by atoms with Crippen LogP contribution < -0.4 is 5.73 Å². The molecule has 1 aliphatic rings. The topological polar surface area (TPSA) is 59.4 Å². The van der Waals surface area contributed by atoms with Crippen molar-refractivity contribution in [3.63, 3.8) is 0 Å². The SMILES string of the molecule is Cc1sc2nc(N)nn2c1C1CCN(C)CC1. The highest BCUT2D eigenvalue weighted by Crippen LogP contribution is 2.33. The van der Waals surface area contributed by atoms with Gasteiger partial charge in [0.25, 0.3) is 0 Å². The molecule has 6 heteroatoms. The number of aryl methyl sites for hydroxylation is 1. The van der Waals surface area contributed by atoms with Crippen LogP contribution in [0.3, 0.4) is 0 Å². The van der Waals surface area contributed by atoms with Crippen LogP contribution in [0.1, 0.15) is 29.3 Å². The first-order valence-corrected chi connectivity index (χ1v) is 6.77. The lowest BCUT2D eigenvalue weighted by atomic mass is 9.93. The van der Waals surface area contributed by atoms with E-state index in [1.807, 2.05) is 4.52 Å². The summed E-state index contributed by atoms with van der Waals surface area (Å²) in [7, 11) is 2.18. The summed E-state index contributed by atoms with van der Waals surface area (Å²) in [4.78, 5) is 8.88. The molecule has 0 spiro atoms. The molecule has 5 nitrogen and oxygen atoms in total. The molecule has 0 bridgehead atoms. The normalized spacial score (nSPS) is 19.2. The van der Waals surface area contributed by atoms with E-state index in [4.69, 9.17) is 5.73 Å². The van der Waals surface area contributed by atoms with E-state index in [1.54, 1.807) is 11.3 Å². The summed E-state index contributed by atoms with van der Waals surface area (Å²) < 4.78 is 1.95. The van der Waals surface area contributed by atoms with Gasteiger partial charge < -0.3 is 10.6 Å². The second kappa shape index (κ2) is 3.96. The van der Waals surface area contributed by atoms with Crippen LogP contribution in [0, 0.1) is 6.92 Å². The fourth-order valence-corrected chi connectivity index (χ4v) is 3.61. The molecule has 0 radical (unpaired) electrons. The number of anilines is 1. The molecule has 92 valence electrons. The summed E-state index contributed by atoms with van der Waals surface area (Å²) in [5, 5.41) is 4.31. The Hall–Kier alpha value is -1.14. The van der Waals surface area contributed by atoms with Crippen LogP contribution in [-0.4, -0.2) is 39.6 Å². The highest BCUT2D eigenvalue weighted by atomic mass is 32.1. The summed E-state index contributed by atoms with van der Waals surface area (Å²) in [6, 6.07) is 0. The first-order chi connectivity index (χ1) is 8.15. The van der Waals surface area contributed by atoms with Crippen LogP contribution in [0.25, 0.3) is 4.96 Å². The van der Waals surface area contributed by atoms with Gasteiger partial charge in [0.1, 0.15) is 0 Å². The van der Waals surface area contributed by atoms with Crippen molar-refractivity contribution in [1.29, 1.82) is 0 Å². The van der Waals surface area contributed by atoms with E-state index in [-0.39, 0.29) is 0 Å². The molecule has 0 aromatic carbocycles. The summed E-state index contributed by atoms with van der Waals surface area (Å²) in [6.45, 7) is 4.47. The Bertz CT molecular complexity index is 535. The Morgan fingerprint density at radius 2 is 2.06 bits per heavy atom. The highest BCUT2D eigenvalue weighted by molar-refractivity contribution is 7.17. The van der Waals surface area contributed by atoms with Crippen molar-refractivity contribution in [3.05, 3.63) is 10.6 Å². The van der Waals surface area contributed by atoms with Crippen molar-refractivity contribution in [2.45, 2.75) is 25.7 Å². The lowest BCUT2D eigenvalue weighted by Gasteiger charge is -2.28. The van der Waals surface area contributed by atoms with Crippen molar-refractivity contribution in [1.82, 2.24) is 19.5 Å². The summed E-state index contributed by atoms with van der Waals surface area (Å²) in [5.41, 5.74) is 6.98. The number of fused-ring (bicyclic) bond motifs is 1. The van der Waals surface area contributed by atoms with Gasteiger partial charge in [-0.3, -0.25) is 0 Å². The minimum atomic E-state index is 0.380. The summed E-state index contributed by atoms with van der Waals surface area (Å²) in [5.74, 6) is 0.978. The van der Waals surface area contributed by atoms with E-state index in [1.165, 1.54) is 23.4 Å². The monoisotopic (exact) mass is 251 g/mol. The van der Waals surface area contributed by atoms with Crippen molar-refractivity contribution >= 4 is 22.2 Å². The molecule has 2 aromatic rings. The molecule has 3 heterocycles. The van der Waals surface area contributed by atoms with E-state index in [9.17, 15) is 0 Å². The Morgan fingerprint density at radius 1 is 1.35 bits per heavy atom. The van der Waals surface area contributed by atoms with Gasteiger partial charge in [-0.25, -0.2) is 4.52 Å². The van der Waals surface area contributed by atoms with E-state index in [2.05, 4.69) is 29.0 Å². The van der Waals surface area contributed by atoms with E-state index < -0.39 is 0 Å². The van der Waals surface area contributed by atoms with Gasteiger partial charge in [0.15, 0.2) is 0 Å². The predicted octanol–water partition coefficient (Wildman–Crippen LogP) is 1.49. The van der Waals surface area contributed by atoms with Gasteiger partial charge in [-0.05, 0) is 39.9 Å². The van der Waals surface area contributed by atoms with E-state index in [0.717, 1.165) is 18.1 Å². The zero-order valence-electron chi connectivity index (χ0n) is 10.2. The largest absolute Gasteiger partial charge is 0.366 e. The third-order valence-corrected chi connectivity index (χ3v) is 4.49. The van der Waals surface area contributed by atoms with Gasteiger partial charge in [0, 0.05) is 10.8 Å². The van der Waals surface area contributed by atoms with Gasteiger partial charge in [-0.1, -0.05) is 11.3 Å². The molecule has 3 rings (SSSR count). The average molecular weight is 251 g/mol. The lowest BCUT2D eigenvalue weighted by Crippen LogP contribution is -2.29. The number of hydrogen-bond donors (Lipinski definition) is 1. The van der Waals surface area contributed by atoms with Crippen molar-refractivity contribution in [2.24, 2.45) is 0 Å². The van der Waals surface area contributed by atoms with Crippen molar-refractivity contribution in [2.75, 3.05) is 25.9 Å². The van der Waals surface area contributed by atoms with Gasteiger partial charge in [0.05, 0.1) is 5.69 Å². The second-order valence-corrected chi connectivity index (χ2v) is 5.97. The molecule has 0 amide bonds. The third kappa shape index (κ3) is 1.81. The summed E-state index contributed by atoms with van der Waals surface area (Å²) >= 11 is 1.69. The van der Waals surface area contributed by atoms with Crippen LogP contribution in [0.4, 0.5) is 5.95 Å². The fraction of sp³-hybridized carbons (Fsp3) is 0.636. The predicted molar refractivity (Wildman–Crippen MR) is 69.5 cm³/mol. The molecule has 0 atom stereocenters. The third-order valence-electron chi connectivity index (χ3n) is 3.53. The first-order valence-electron chi connectivity index (χ1n) is 5.95. The van der Waals surface area contributed by atoms with Crippen LogP contribution in [-0.2, 0) is 0 Å². The number of likely N-dealkylation sites (tertiary alicyclic amines) is 1. The number of nitrogens with zero attached hydrogens (tertiary/aromatic N) is 4. The maximum Gasteiger partial charge on any atom is 0.241 e. The smallest absolute Gasteiger partial charge is 0.241 e. The zero-order chi connectivity index (χ0) is 12.0. The lowest BCUT2D eigenvalue weighted by molar-refractivity contribution is 0.252. The highest BCUT2D eigenvalue weighted by Gasteiger charge is 2.24. The zero-order valence-corrected chi connectivity index (χ0v) is 11.0. The molecular formula is C11H17N5S. The molecule has 0 aliphatic carbocycles. The molecule has 0 saturated carbocycles. The van der Waals surface area contributed by atoms with Gasteiger partial charge >= 0.3 is 0 Å². The number of nitrogens with two attached hydrogens (primary N) is 1. The molecular weight excluding hydrogens is 234 g/mol. The molecule has 2 N–H and O–H groups in total. The van der Waals surface area contributed by atoms with E-state index in [0.29, 0.717) is 11.9 Å². The maximum atomic E-state index is 5.66. The summed E-state index contributed by atoms with van der Waals surface area (Å²) in [6.07, 6.45) is 2.39. The minimum Gasteiger partial charge on any atom is -0.366 e. The quantitative estimate of drug-likeness (QED) is 0.834. The standard InChI is InChI=1S/C11H17N5S/c1-7-9(8-3-5-15(2)6-4-8)16-11(17-7)13-10(12)14-16/h8H,3-6H2,1-2H3,(H2,12,14). The molecule has 17 heavy (non-hydrogen) atoms. The molecule has 1 fully saturated rings. The first kappa shape index (κ1) is 11.0. The van der Waals surface area contributed by atoms with Crippen LogP contribution in [0.2, 0.25) is 0 Å². The van der Waals surface area contributed by atoms with Gasteiger partial charge in [-0.2, -0.15) is 4.98 Å². The van der Waals surface area contributed by atoms with Gasteiger partial charge in [-0.15, -0.1) is 5.10 Å². The fourth-order valence-electron chi connectivity index (χ4n) is 2.62. The number of rotatable bonds is 1. The second-order valence-electron chi connectivity index (χ2n) is 4.79. The van der Waals surface area contributed by atoms with Crippen molar-refractivity contribution in [3.8, 4) is 0 Å². The maximum absolute atomic E-state index is 5.66. The van der Waals surface area contributed by atoms with Crippen LogP contribution in [0.15, 0.2) is 0 Å². The number of nitrogen functional groups attached to an aromatic ring is 1. The number of piperidine rings is 1.